The fourth-order valence-electron chi connectivity index (χ4n) is 1.92. The topological polar surface area (TPSA) is 61.3 Å². The van der Waals surface area contributed by atoms with Crippen molar-refractivity contribution in [3.05, 3.63) is 17.8 Å². The van der Waals surface area contributed by atoms with Gasteiger partial charge in [-0.05, 0) is 25.3 Å². The zero-order valence-corrected chi connectivity index (χ0v) is 8.95. The third-order valence-electron chi connectivity index (χ3n) is 2.71. The Kier molecular flexibility index (Phi) is 3.75. The van der Waals surface area contributed by atoms with Gasteiger partial charge in [-0.15, -0.1) is 0 Å². The Morgan fingerprint density at radius 1 is 1.53 bits per heavy atom. The van der Waals surface area contributed by atoms with Gasteiger partial charge in [0, 0.05) is 26.1 Å². The van der Waals surface area contributed by atoms with E-state index in [-0.39, 0.29) is 0 Å². The first-order chi connectivity index (χ1) is 7.38. The van der Waals surface area contributed by atoms with Crippen molar-refractivity contribution in [2.24, 2.45) is 11.7 Å². The molecule has 0 aliphatic carbocycles. The molecule has 1 unspecified atom stereocenters. The molecule has 4 heteroatoms. The fraction of sp³-hybridized carbons (Fsp3) is 0.727. The average molecular weight is 210 g/mol. The molecule has 2 rings (SSSR count). The number of ether oxygens (including phenoxy) is 1. The van der Waals surface area contributed by atoms with Crippen molar-refractivity contribution >= 4 is 0 Å². The number of nitrogens with zero attached hydrogens (tertiary/aromatic N) is 1. The molecule has 1 aromatic heterocycles. The smallest absolute Gasteiger partial charge is 0.194 e. The van der Waals surface area contributed by atoms with Gasteiger partial charge in [0.25, 0.3) is 0 Å². The van der Waals surface area contributed by atoms with Crippen LogP contribution in [0.2, 0.25) is 0 Å². The van der Waals surface area contributed by atoms with Gasteiger partial charge in [0.2, 0.25) is 0 Å². The number of aromatic nitrogens is 1. The van der Waals surface area contributed by atoms with Crippen molar-refractivity contribution in [1.29, 1.82) is 0 Å². The van der Waals surface area contributed by atoms with E-state index >= 15 is 0 Å². The van der Waals surface area contributed by atoms with E-state index in [1.54, 1.807) is 6.20 Å². The van der Waals surface area contributed by atoms with Crippen molar-refractivity contribution in [2.75, 3.05) is 19.8 Å². The summed E-state index contributed by atoms with van der Waals surface area (Å²) in [6, 6.07) is 0. The van der Waals surface area contributed by atoms with E-state index in [1.807, 2.05) is 0 Å². The van der Waals surface area contributed by atoms with E-state index in [0.717, 1.165) is 44.1 Å². The minimum absolute atomic E-state index is 0.572. The van der Waals surface area contributed by atoms with Crippen molar-refractivity contribution in [1.82, 2.24) is 4.98 Å². The fourth-order valence-corrected chi connectivity index (χ4v) is 1.92. The van der Waals surface area contributed by atoms with Crippen LogP contribution in [0.15, 0.2) is 10.6 Å². The zero-order valence-electron chi connectivity index (χ0n) is 8.95. The molecular weight excluding hydrogens is 192 g/mol. The average Bonchev–Trinajstić information content (AvgIpc) is 2.68. The van der Waals surface area contributed by atoms with E-state index < -0.39 is 0 Å². The summed E-state index contributed by atoms with van der Waals surface area (Å²) in [6.45, 7) is 2.36. The first kappa shape index (κ1) is 10.6. The molecule has 0 saturated carbocycles. The van der Waals surface area contributed by atoms with E-state index in [2.05, 4.69) is 4.98 Å². The summed E-state index contributed by atoms with van der Waals surface area (Å²) in [5.41, 5.74) is 5.45. The van der Waals surface area contributed by atoms with Gasteiger partial charge >= 0.3 is 0 Å². The summed E-state index contributed by atoms with van der Waals surface area (Å²) >= 11 is 0. The van der Waals surface area contributed by atoms with Gasteiger partial charge < -0.3 is 14.9 Å². The van der Waals surface area contributed by atoms with Crippen LogP contribution in [0.25, 0.3) is 0 Å². The summed E-state index contributed by atoms with van der Waals surface area (Å²) in [4.78, 5) is 4.25. The highest BCUT2D eigenvalue weighted by molar-refractivity contribution is 4.95. The quantitative estimate of drug-likeness (QED) is 0.809. The number of hydrogen-bond donors (Lipinski definition) is 1. The van der Waals surface area contributed by atoms with E-state index in [1.165, 1.54) is 6.42 Å². The van der Waals surface area contributed by atoms with Gasteiger partial charge in [0.05, 0.1) is 6.20 Å². The second-order valence-electron chi connectivity index (χ2n) is 4.05. The molecule has 0 spiro atoms. The third-order valence-corrected chi connectivity index (χ3v) is 2.71. The highest BCUT2D eigenvalue weighted by Crippen LogP contribution is 2.18. The molecule has 0 radical (unpaired) electrons. The highest BCUT2D eigenvalue weighted by atomic mass is 16.5. The van der Waals surface area contributed by atoms with Crippen LogP contribution in [-0.4, -0.2) is 24.7 Å². The standard InChI is InChI=1S/C11H18N2O2/c12-4-3-10-7-13-11(15-10)6-9-2-1-5-14-8-9/h7,9H,1-6,8,12H2. The highest BCUT2D eigenvalue weighted by Gasteiger charge is 2.16. The Hall–Kier alpha value is -0.870. The molecule has 0 bridgehead atoms. The minimum Gasteiger partial charge on any atom is -0.446 e. The van der Waals surface area contributed by atoms with Crippen LogP contribution in [0.3, 0.4) is 0 Å². The van der Waals surface area contributed by atoms with Crippen LogP contribution in [0, 0.1) is 5.92 Å². The molecule has 2 N–H and O–H groups in total. The van der Waals surface area contributed by atoms with Crippen LogP contribution >= 0.6 is 0 Å². The molecule has 4 nitrogen and oxygen atoms in total. The van der Waals surface area contributed by atoms with Gasteiger partial charge in [-0.3, -0.25) is 0 Å². The summed E-state index contributed by atoms with van der Waals surface area (Å²) < 4.78 is 11.0. The number of oxazole rings is 1. The van der Waals surface area contributed by atoms with E-state index in [4.69, 9.17) is 14.9 Å². The SMILES string of the molecule is NCCc1cnc(CC2CCCOC2)o1. The first-order valence-electron chi connectivity index (χ1n) is 5.60. The molecule has 1 saturated heterocycles. The summed E-state index contributed by atoms with van der Waals surface area (Å²) in [7, 11) is 0. The van der Waals surface area contributed by atoms with Crippen molar-refractivity contribution in [3.8, 4) is 0 Å². The van der Waals surface area contributed by atoms with Gasteiger partial charge in [0.15, 0.2) is 5.89 Å². The van der Waals surface area contributed by atoms with Crippen LogP contribution in [0.5, 0.6) is 0 Å². The molecule has 84 valence electrons. The Balaban J connectivity index is 1.86. The molecule has 1 aromatic rings. The predicted molar refractivity (Wildman–Crippen MR) is 56.5 cm³/mol. The lowest BCUT2D eigenvalue weighted by molar-refractivity contribution is 0.0525. The lowest BCUT2D eigenvalue weighted by Gasteiger charge is -2.20. The van der Waals surface area contributed by atoms with Crippen LogP contribution in [0.1, 0.15) is 24.5 Å². The van der Waals surface area contributed by atoms with Gasteiger partial charge in [0.1, 0.15) is 5.76 Å². The van der Waals surface area contributed by atoms with Crippen LogP contribution in [0.4, 0.5) is 0 Å². The maximum absolute atomic E-state index is 5.58. The zero-order chi connectivity index (χ0) is 10.5. The predicted octanol–water partition coefficient (Wildman–Crippen LogP) is 1.14. The van der Waals surface area contributed by atoms with Crippen molar-refractivity contribution in [2.45, 2.75) is 25.7 Å². The maximum atomic E-state index is 5.58. The van der Waals surface area contributed by atoms with E-state index in [9.17, 15) is 0 Å². The second-order valence-corrected chi connectivity index (χ2v) is 4.05. The Bertz CT molecular complexity index is 293. The van der Waals surface area contributed by atoms with Crippen LogP contribution in [-0.2, 0) is 17.6 Å². The number of nitrogens with two attached hydrogens (primary N) is 1. The second kappa shape index (κ2) is 5.28. The lowest BCUT2D eigenvalue weighted by atomic mass is 9.99. The van der Waals surface area contributed by atoms with Gasteiger partial charge in [-0.1, -0.05) is 0 Å². The molecule has 1 atom stereocenters. The normalized spacial score (nSPS) is 21.8. The monoisotopic (exact) mass is 210 g/mol. The Morgan fingerprint density at radius 3 is 3.20 bits per heavy atom. The van der Waals surface area contributed by atoms with Gasteiger partial charge in [-0.2, -0.15) is 0 Å². The number of hydrogen-bond acceptors (Lipinski definition) is 4. The molecule has 1 aliphatic rings. The molecule has 0 aromatic carbocycles. The molecule has 2 heterocycles. The van der Waals surface area contributed by atoms with Crippen molar-refractivity contribution in [3.63, 3.8) is 0 Å². The Morgan fingerprint density at radius 2 is 2.47 bits per heavy atom. The van der Waals surface area contributed by atoms with Crippen LogP contribution < -0.4 is 5.73 Å². The summed E-state index contributed by atoms with van der Waals surface area (Å²) in [5, 5.41) is 0. The Labute approximate surface area is 89.8 Å². The molecule has 15 heavy (non-hydrogen) atoms. The van der Waals surface area contributed by atoms with E-state index in [0.29, 0.717) is 12.5 Å². The largest absolute Gasteiger partial charge is 0.446 e. The third kappa shape index (κ3) is 3.04. The molecule has 0 amide bonds. The minimum atomic E-state index is 0.572. The lowest BCUT2D eigenvalue weighted by Crippen LogP contribution is -2.19. The summed E-state index contributed by atoms with van der Waals surface area (Å²) in [6.07, 6.45) is 5.82. The molecular formula is C11H18N2O2. The number of rotatable bonds is 4. The molecule has 1 aliphatic heterocycles. The first-order valence-corrected chi connectivity index (χ1v) is 5.60. The summed E-state index contributed by atoms with van der Waals surface area (Å²) in [5.74, 6) is 2.29. The van der Waals surface area contributed by atoms with Gasteiger partial charge in [-0.25, -0.2) is 4.98 Å². The molecule has 1 fully saturated rings. The van der Waals surface area contributed by atoms with Crippen molar-refractivity contribution < 1.29 is 9.15 Å². The maximum Gasteiger partial charge on any atom is 0.194 e.